The van der Waals surface area contributed by atoms with Crippen molar-refractivity contribution in [3.8, 4) is 5.75 Å². The van der Waals surface area contributed by atoms with Crippen LogP contribution >= 0.6 is 15.9 Å². The summed E-state index contributed by atoms with van der Waals surface area (Å²) >= 11 is 3.44. The molecule has 0 amide bonds. The highest BCUT2D eigenvalue weighted by Gasteiger charge is 2.05. The van der Waals surface area contributed by atoms with Crippen LogP contribution in [0.2, 0.25) is 0 Å². The van der Waals surface area contributed by atoms with Crippen molar-refractivity contribution in [2.75, 3.05) is 19.7 Å². The molecule has 0 radical (unpaired) electrons. The smallest absolute Gasteiger partial charge is 0.119 e. The molecule has 0 aromatic heterocycles. The second-order valence-corrected chi connectivity index (χ2v) is 4.93. The predicted octanol–water partition coefficient (Wildman–Crippen LogP) is 2.50. The molecule has 4 heteroatoms. The largest absolute Gasteiger partial charge is 0.491 e. The molecule has 0 heterocycles. The zero-order valence-corrected chi connectivity index (χ0v) is 12.0. The minimum atomic E-state index is -0.467. The van der Waals surface area contributed by atoms with Gasteiger partial charge in [0.15, 0.2) is 0 Å². The maximum absolute atomic E-state index is 9.66. The molecule has 1 aromatic rings. The van der Waals surface area contributed by atoms with E-state index >= 15 is 0 Å². The highest BCUT2D eigenvalue weighted by Crippen LogP contribution is 2.21. The van der Waals surface area contributed by atoms with E-state index in [-0.39, 0.29) is 0 Å². The summed E-state index contributed by atoms with van der Waals surface area (Å²) in [7, 11) is 0. The molecule has 0 aliphatic heterocycles. The third kappa shape index (κ3) is 5.52. The Bertz CT molecular complexity index is 344. The minimum absolute atomic E-state index is 0.317. The van der Waals surface area contributed by atoms with Gasteiger partial charge in [-0.05, 0) is 43.7 Å². The Kier molecular flexibility index (Phi) is 6.55. The van der Waals surface area contributed by atoms with Gasteiger partial charge in [0, 0.05) is 11.0 Å². The molecule has 17 heavy (non-hydrogen) atoms. The van der Waals surface area contributed by atoms with Crippen LogP contribution in [0.5, 0.6) is 5.75 Å². The van der Waals surface area contributed by atoms with Gasteiger partial charge >= 0.3 is 0 Å². The molecule has 3 nitrogen and oxygen atoms in total. The predicted molar refractivity (Wildman–Crippen MR) is 73.5 cm³/mol. The van der Waals surface area contributed by atoms with Crippen LogP contribution in [0, 0.1) is 6.92 Å². The van der Waals surface area contributed by atoms with E-state index in [1.165, 1.54) is 0 Å². The first-order chi connectivity index (χ1) is 8.13. The normalized spacial score (nSPS) is 12.5. The number of aryl methyl sites for hydroxylation is 1. The first-order valence-corrected chi connectivity index (χ1v) is 6.70. The molecule has 0 fully saturated rings. The van der Waals surface area contributed by atoms with Gasteiger partial charge in [0.25, 0.3) is 0 Å². The van der Waals surface area contributed by atoms with Crippen molar-refractivity contribution in [3.05, 3.63) is 28.2 Å². The number of ether oxygens (including phenoxy) is 1. The van der Waals surface area contributed by atoms with Gasteiger partial charge < -0.3 is 15.2 Å². The molecule has 0 bridgehead atoms. The van der Waals surface area contributed by atoms with E-state index in [2.05, 4.69) is 28.2 Å². The van der Waals surface area contributed by atoms with Crippen molar-refractivity contribution in [1.82, 2.24) is 5.32 Å². The Labute approximate surface area is 111 Å². The van der Waals surface area contributed by atoms with Crippen LogP contribution in [0.4, 0.5) is 0 Å². The Hall–Kier alpha value is -0.580. The molecule has 0 spiro atoms. The van der Waals surface area contributed by atoms with E-state index in [9.17, 15) is 5.11 Å². The Balaban J connectivity index is 2.31. The van der Waals surface area contributed by atoms with Crippen LogP contribution in [-0.4, -0.2) is 30.9 Å². The molecule has 1 aromatic carbocycles. The summed E-state index contributed by atoms with van der Waals surface area (Å²) in [5.74, 6) is 0.792. The molecular weight excluding hydrogens is 282 g/mol. The van der Waals surface area contributed by atoms with Crippen molar-refractivity contribution < 1.29 is 9.84 Å². The SMILES string of the molecule is CCCNCC(O)COc1ccc(Br)c(C)c1. The highest BCUT2D eigenvalue weighted by molar-refractivity contribution is 9.10. The van der Waals surface area contributed by atoms with Gasteiger partial charge in [-0.3, -0.25) is 0 Å². The lowest BCUT2D eigenvalue weighted by Crippen LogP contribution is -2.31. The Morgan fingerprint density at radius 3 is 2.88 bits per heavy atom. The summed E-state index contributed by atoms with van der Waals surface area (Å²) in [6.07, 6.45) is 0.602. The molecule has 0 aliphatic carbocycles. The quantitative estimate of drug-likeness (QED) is 0.760. The van der Waals surface area contributed by atoms with Crippen LogP contribution in [0.1, 0.15) is 18.9 Å². The third-order valence-corrected chi connectivity index (χ3v) is 3.27. The molecule has 2 N–H and O–H groups in total. The molecule has 1 unspecified atom stereocenters. The van der Waals surface area contributed by atoms with Crippen LogP contribution in [0.15, 0.2) is 22.7 Å². The van der Waals surface area contributed by atoms with Gasteiger partial charge in [0.05, 0.1) is 0 Å². The fraction of sp³-hybridized carbons (Fsp3) is 0.538. The number of aliphatic hydroxyl groups excluding tert-OH is 1. The number of hydrogen-bond donors (Lipinski definition) is 2. The number of aliphatic hydroxyl groups is 1. The molecule has 0 saturated heterocycles. The first kappa shape index (κ1) is 14.5. The molecular formula is C13H20BrNO2. The van der Waals surface area contributed by atoms with E-state index in [4.69, 9.17) is 4.74 Å². The summed E-state index contributed by atoms with van der Waals surface area (Å²) in [6, 6.07) is 5.80. The van der Waals surface area contributed by atoms with E-state index in [0.717, 1.165) is 28.8 Å². The number of nitrogens with one attached hydrogen (secondary N) is 1. The van der Waals surface area contributed by atoms with E-state index < -0.39 is 6.10 Å². The van der Waals surface area contributed by atoms with Crippen molar-refractivity contribution >= 4 is 15.9 Å². The first-order valence-electron chi connectivity index (χ1n) is 5.91. The standard InChI is InChI=1S/C13H20BrNO2/c1-3-6-15-8-11(16)9-17-12-4-5-13(14)10(2)7-12/h4-5,7,11,15-16H,3,6,8-9H2,1-2H3. The van der Waals surface area contributed by atoms with Gasteiger partial charge in [0.2, 0.25) is 0 Å². The van der Waals surface area contributed by atoms with E-state index in [1.54, 1.807) is 0 Å². The molecule has 1 rings (SSSR count). The number of hydrogen-bond acceptors (Lipinski definition) is 3. The number of rotatable bonds is 7. The van der Waals surface area contributed by atoms with Crippen molar-refractivity contribution in [1.29, 1.82) is 0 Å². The van der Waals surface area contributed by atoms with Crippen molar-refractivity contribution in [3.63, 3.8) is 0 Å². The van der Waals surface area contributed by atoms with Crippen molar-refractivity contribution in [2.45, 2.75) is 26.4 Å². The Morgan fingerprint density at radius 2 is 2.24 bits per heavy atom. The summed E-state index contributed by atoms with van der Waals surface area (Å²) in [4.78, 5) is 0. The lowest BCUT2D eigenvalue weighted by atomic mass is 10.2. The maximum atomic E-state index is 9.66. The van der Waals surface area contributed by atoms with Gasteiger partial charge in [-0.15, -0.1) is 0 Å². The maximum Gasteiger partial charge on any atom is 0.119 e. The molecule has 0 saturated carbocycles. The monoisotopic (exact) mass is 301 g/mol. The number of halogens is 1. The molecule has 1 atom stereocenters. The zero-order valence-electron chi connectivity index (χ0n) is 10.4. The average molecular weight is 302 g/mol. The van der Waals surface area contributed by atoms with Crippen LogP contribution in [0.25, 0.3) is 0 Å². The third-order valence-electron chi connectivity index (χ3n) is 2.38. The fourth-order valence-corrected chi connectivity index (χ4v) is 1.65. The second kappa shape index (κ2) is 7.69. The van der Waals surface area contributed by atoms with Crippen LogP contribution < -0.4 is 10.1 Å². The summed E-state index contributed by atoms with van der Waals surface area (Å²) in [5.41, 5.74) is 1.13. The minimum Gasteiger partial charge on any atom is -0.491 e. The van der Waals surface area contributed by atoms with Crippen LogP contribution in [0.3, 0.4) is 0 Å². The van der Waals surface area contributed by atoms with Gasteiger partial charge in [-0.2, -0.15) is 0 Å². The van der Waals surface area contributed by atoms with Crippen molar-refractivity contribution in [2.24, 2.45) is 0 Å². The highest BCUT2D eigenvalue weighted by atomic mass is 79.9. The second-order valence-electron chi connectivity index (χ2n) is 4.08. The molecule has 0 aliphatic rings. The summed E-state index contributed by atoms with van der Waals surface area (Å²) < 4.78 is 6.59. The lowest BCUT2D eigenvalue weighted by molar-refractivity contribution is 0.106. The lowest BCUT2D eigenvalue weighted by Gasteiger charge is -2.13. The summed E-state index contributed by atoms with van der Waals surface area (Å²) in [6.45, 7) is 5.92. The van der Waals surface area contributed by atoms with Gasteiger partial charge in [-0.1, -0.05) is 22.9 Å². The topological polar surface area (TPSA) is 41.5 Å². The Morgan fingerprint density at radius 1 is 1.47 bits per heavy atom. The summed E-state index contributed by atoms with van der Waals surface area (Å²) in [5, 5.41) is 12.8. The van der Waals surface area contributed by atoms with E-state index in [0.29, 0.717) is 13.2 Å². The van der Waals surface area contributed by atoms with E-state index in [1.807, 2.05) is 25.1 Å². The molecule has 96 valence electrons. The van der Waals surface area contributed by atoms with Gasteiger partial charge in [-0.25, -0.2) is 0 Å². The van der Waals surface area contributed by atoms with Crippen LogP contribution in [-0.2, 0) is 0 Å². The van der Waals surface area contributed by atoms with Gasteiger partial charge in [0.1, 0.15) is 18.5 Å². The number of benzene rings is 1. The average Bonchev–Trinajstić information content (AvgIpc) is 2.31. The zero-order chi connectivity index (χ0) is 12.7. The fourth-order valence-electron chi connectivity index (χ4n) is 1.40.